The molecule has 100 valence electrons. The molecule has 3 aromatic heterocycles. The lowest BCUT2D eigenvalue weighted by molar-refractivity contribution is 0.0691. The summed E-state index contributed by atoms with van der Waals surface area (Å²) in [5.74, 6) is -0.593. The molecule has 0 unspecified atom stereocenters. The highest BCUT2D eigenvalue weighted by atomic mass is 16.5. The van der Waals surface area contributed by atoms with Crippen LogP contribution in [0.25, 0.3) is 11.3 Å². The van der Waals surface area contributed by atoms with Gasteiger partial charge in [0.25, 0.3) is 0 Å². The van der Waals surface area contributed by atoms with Crippen molar-refractivity contribution < 1.29 is 14.4 Å². The first-order valence-corrected chi connectivity index (χ1v) is 5.72. The summed E-state index contributed by atoms with van der Waals surface area (Å²) in [5.41, 5.74) is 0.869. The molecule has 0 bridgehead atoms. The highest BCUT2D eigenvalue weighted by molar-refractivity contribution is 5.92. The highest BCUT2D eigenvalue weighted by Gasteiger charge is 2.21. The molecule has 1 N–H and O–H groups in total. The molecule has 0 amide bonds. The number of carboxylic acid groups (broad SMARTS) is 1. The first-order valence-electron chi connectivity index (χ1n) is 5.72. The topological polar surface area (TPSA) is 107 Å². The van der Waals surface area contributed by atoms with Gasteiger partial charge in [0, 0.05) is 24.0 Å². The summed E-state index contributed by atoms with van der Waals surface area (Å²) < 4.78 is 6.44. The molecular formula is C12H9N5O3. The van der Waals surface area contributed by atoms with Gasteiger partial charge in [-0.2, -0.15) is 0 Å². The molecule has 0 aliphatic heterocycles. The molecule has 0 aliphatic carbocycles. The van der Waals surface area contributed by atoms with E-state index in [4.69, 9.17) is 4.52 Å². The minimum atomic E-state index is -1.15. The SMILES string of the molecule is O=C(O)c1nnn(Cc2ccno2)c1-c1cccnc1. The van der Waals surface area contributed by atoms with Crippen molar-refractivity contribution in [3.8, 4) is 11.3 Å². The molecule has 0 aromatic carbocycles. The van der Waals surface area contributed by atoms with E-state index in [0.717, 1.165) is 0 Å². The summed E-state index contributed by atoms with van der Waals surface area (Å²) in [6.45, 7) is 0.241. The number of rotatable bonds is 4. The fourth-order valence-corrected chi connectivity index (χ4v) is 1.83. The molecule has 20 heavy (non-hydrogen) atoms. The van der Waals surface area contributed by atoms with Gasteiger partial charge in [-0.3, -0.25) is 4.98 Å². The second-order valence-corrected chi connectivity index (χ2v) is 3.97. The minimum Gasteiger partial charge on any atom is -0.476 e. The average Bonchev–Trinajstić information content (AvgIpc) is 3.09. The number of carboxylic acids is 1. The second kappa shape index (κ2) is 4.92. The average molecular weight is 271 g/mol. The summed E-state index contributed by atoms with van der Waals surface area (Å²) in [7, 11) is 0. The summed E-state index contributed by atoms with van der Waals surface area (Å²) in [6.07, 6.45) is 4.67. The zero-order valence-electron chi connectivity index (χ0n) is 10.2. The normalized spacial score (nSPS) is 10.6. The predicted octanol–water partition coefficient (Wildman–Crippen LogP) is 1.07. The lowest BCUT2D eigenvalue weighted by atomic mass is 10.1. The summed E-state index contributed by atoms with van der Waals surface area (Å²) in [4.78, 5) is 15.2. The Bertz CT molecular complexity index is 721. The van der Waals surface area contributed by atoms with Crippen molar-refractivity contribution in [2.75, 3.05) is 0 Å². The molecule has 0 spiro atoms. The lowest BCUT2D eigenvalue weighted by Crippen LogP contribution is -2.05. The summed E-state index contributed by atoms with van der Waals surface area (Å²) in [5, 5.41) is 20.3. The highest BCUT2D eigenvalue weighted by Crippen LogP contribution is 2.22. The molecule has 8 heteroatoms. The van der Waals surface area contributed by atoms with E-state index in [-0.39, 0.29) is 12.2 Å². The quantitative estimate of drug-likeness (QED) is 0.756. The third-order valence-electron chi connectivity index (χ3n) is 2.67. The van der Waals surface area contributed by atoms with Gasteiger partial charge in [-0.1, -0.05) is 10.4 Å². The van der Waals surface area contributed by atoms with Crippen LogP contribution in [0.4, 0.5) is 0 Å². The first kappa shape index (κ1) is 12.0. The van der Waals surface area contributed by atoms with Gasteiger partial charge in [-0.15, -0.1) is 5.10 Å². The van der Waals surface area contributed by atoms with E-state index in [0.29, 0.717) is 17.0 Å². The van der Waals surface area contributed by atoms with E-state index < -0.39 is 5.97 Å². The van der Waals surface area contributed by atoms with Crippen LogP contribution in [0.3, 0.4) is 0 Å². The van der Waals surface area contributed by atoms with Crippen LogP contribution in [-0.4, -0.2) is 36.2 Å². The van der Waals surface area contributed by atoms with Crippen LogP contribution in [0.1, 0.15) is 16.2 Å². The van der Waals surface area contributed by atoms with Gasteiger partial charge in [0.15, 0.2) is 11.5 Å². The largest absolute Gasteiger partial charge is 0.476 e. The molecule has 0 radical (unpaired) electrons. The number of hydrogen-bond donors (Lipinski definition) is 1. The summed E-state index contributed by atoms with van der Waals surface area (Å²) in [6, 6.07) is 5.14. The molecule has 0 saturated carbocycles. The Balaban J connectivity index is 2.09. The number of aromatic carboxylic acids is 1. The Morgan fingerprint density at radius 2 is 2.25 bits per heavy atom. The Morgan fingerprint density at radius 1 is 1.35 bits per heavy atom. The zero-order valence-corrected chi connectivity index (χ0v) is 10.2. The van der Waals surface area contributed by atoms with E-state index in [9.17, 15) is 9.90 Å². The van der Waals surface area contributed by atoms with Gasteiger partial charge in [-0.25, -0.2) is 9.48 Å². The standard InChI is InChI=1S/C12H9N5O3/c18-12(19)10-11(8-2-1-4-13-6-8)17(16-15-10)7-9-3-5-14-20-9/h1-6H,7H2,(H,18,19). The molecular weight excluding hydrogens is 262 g/mol. The van der Waals surface area contributed by atoms with E-state index in [2.05, 4.69) is 20.5 Å². The number of pyridine rings is 1. The van der Waals surface area contributed by atoms with Crippen LogP contribution in [-0.2, 0) is 6.54 Å². The molecule has 0 fully saturated rings. The Hall–Kier alpha value is -3.03. The molecule has 0 atom stereocenters. The maximum atomic E-state index is 11.2. The van der Waals surface area contributed by atoms with Gasteiger partial charge in [0.2, 0.25) is 0 Å². The van der Waals surface area contributed by atoms with Crippen LogP contribution in [0.5, 0.6) is 0 Å². The number of aromatic nitrogens is 5. The van der Waals surface area contributed by atoms with Crippen LogP contribution in [0, 0.1) is 0 Å². The molecule has 3 rings (SSSR count). The third kappa shape index (κ3) is 2.14. The van der Waals surface area contributed by atoms with Crippen molar-refractivity contribution >= 4 is 5.97 Å². The van der Waals surface area contributed by atoms with E-state index >= 15 is 0 Å². The van der Waals surface area contributed by atoms with Crippen molar-refractivity contribution in [1.29, 1.82) is 0 Å². The van der Waals surface area contributed by atoms with Gasteiger partial charge < -0.3 is 9.63 Å². The van der Waals surface area contributed by atoms with Crippen LogP contribution < -0.4 is 0 Å². The van der Waals surface area contributed by atoms with Crippen molar-refractivity contribution in [2.45, 2.75) is 6.54 Å². The van der Waals surface area contributed by atoms with E-state index in [1.54, 1.807) is 30.6 Å². The third-order valence-corrected chi connectivity index (χ3v) is 2.67. The smallest absolute Gasteiger partial charge is 0.358 e. The summed E-state index contributed by atoms with van der Waals surface area (Å²) >= 11 is 0. The van der Waals surface area contributed by atoms with Crippen LogP contribution in [0.2, 0.25) is 0 Å². The Morgan fingerprint density at radius 3 is 2.90 bits per heavy atom. The number of nitrogens with zero attached hydrogens (tertiary/aromatic N) is 5. The zero-order chi connectivity index (χ0) is 13.9. The molecule has 0 aliphatic rings. The van der Waals surface area contributed by atoms with E-state index in [1.165, 1.54) is 10.9 Å². The second-order valence-electron chi connectivity index (χ2n) is 3.97. The molecule has 0 saturated heterocycles. The van der Waals surface area contributed by atoms with Crippen molar-refractivity contribution in [3.05, 3.63) is 48.2 Å². The number of carbonyl (C=O) groups is 1. The van der Waals surface area contributed by atoms with Crippen LogP contribution in [0.15, 0.2) is 41.3 Å². The molecule has 3 heterocycles. The number of hydrogen-bond acceptors (Lipinski definition) is 6. The fraction of sp³-hybridized carbons (Fsp3) is 0.0833. The van der Waals surface area contributed by atoms with Crippen molar-refractivity contribution in [3.63, 3.8) is 0 Å². The van der Waals surface area contributed by atoms with Gasteiger partial charge in [0.1, 0.15) is 12.2 Å². The predicted molar refractivity (Wildman–Crippen MR) is 65.8 cm³/mol. The molecule has 3 aromatic rings. The van der Waals surface area contributed by atoms with Gasteiger partial charge in [0.05, 0.1) is 6.20 Å². The minimum absolute atomic E-state index is 0.127. The Labute approximate surface area is 112 Å². The maximum Gasteiger partial charge on any atom is 0.358 e. The maximum absolute atomic E-state index is 11.2. The monoisotopic (exact) mass is 271 g/mol. The van der Waals surface area contributed by atoms with Crippen molar-refractivity contribution in [2.24, 2.45) is 0 Å². The van der Waals surface area contributed by atoms with Gasteiger partial charge in [-0.05, 0) is 12.1 Å². The fourth-order valence-electron chi connectivity index (χ4n) is 1.83. The first-order chi connectivity index (χ1) is 9.75. The Kier molecular flexibility index (Phi) is 2.96. The van der Waals surface area contributed by atoms with Crippen molar-refractivity contribution in [1.82, 2.24) is 25.1 Å². The van der Waals surface area contributed by atoms with E-state index in [1.807, 2.05) is 0 Å². The lowest BCUT2D eigenvalue weighted by Gasteiger charge is -2.04. The van der Waals surface area contributed by atoms with Gasteiger partial charge >= 0.3 is 5.97 Å². The van der Waals surface area contributed by atoms with Crippen LogP contribution >= 0.6 is 0 Å². The molecule has 8 nitrogen and oxygen atoms in total.